The molecule has 34 heavy (non-hydrogen) atoms. The van der Waals surface area contributed by atoms with E-state index in [-0.39, 0.29) is 24.6 Å². The molecular formula is C27H34N2O5. The van der Waals surface area contributed by atoms with Gasteiger partial charge in [-0.1, -0.05) is 17.7 Å². The number of nitrogens with one attached hydrogen (secondary N) is 1. The van der Waals surface area contributed by atoms with Crippen molar-refractivity contribution in [3.05, 3.63) is 59.2 Å². The Morgan fingerprint density at radius 1 is 1.03 bits per heavy atom. The van der Waals surface area contributed by atoms with Gasteiger partial charge in [0.05, 0.1) is 5.56 Å². The molecule has 7 heteroatoms. The Hall–Kier alpha value is -3.35. The number of anilines is 1. The summed E-state index contributed by atoms with van der Waals surface area (Å²) < 4.78 is 11.0. The molecule has 1 aliphatic heterocycles. The lowest BCUT2D eigenvalue weighted by molar-refractivity contribution is -0.139. The molecule has 0 bridgehead atoms. The van der Waals surface area contributed by atoms with Gasteiger partial charge in [0.2, 0.25) is 0 Å². The number of ether oxygens (including phenoxy) is 2. The average Bonchev–Trinajstić information content (AvgIpc) is 2.79. The normalized spacial score (nSPS) is 18.7. The molecule has 182 valence electrons. The lowest BCUT2D eigenvalue weighted by Gasteiger charge is -2.38. The number of aryl methyl sites for hydroxylation is 2. The first-order valence-corrected chi connectivity index (χ1v) is 11.8. The summed E-state index contributed by atoms with van der Waals surface area (Å²) in [5, 5.41) is 2.79. The van der Waals surface area contributed by atoms with Gasteiger partial charge >= 0.3 is 5.97 Å². The zero-order valence-corrected chi connectivity index (χ0v) is 20.6. The fourth-order valence-electron chi connectivity index (χ4n) is 4.29. The van der Waals surface area contributed by atoms with Crippen molar-refractivity contribution in [3.8, 4) is 5.75 Å². The van der Waals surface area contributed by atoms with E-state index in [0.29, 0.717) is 17.0 Å². The van der Waals surface area contributed by atoms with Crippen molar-refractivity contribution < 1.29 is 23.9 Å². The van der Waals surface area contributed by atoms with E-state index in [1.54, 1.807) is 24.3 Å². The van der Waals surface area contributed by atoms with Crippen LogP contribution in [0, 0.1) is 13.8 Å². The number of benzene rings is 2. The van der Waals surface area contributed by atoms with Crippen LogP contribution in [0.3, 0.4) is 0 Å². The van der Waals surface area contributed by atoms with Gasteiger partial charge in [-0.2, -0.15) is 0 Å². The monoisotopic (exact) mass is 466 g/mol. The summed E-state index contributed by atoms with van der Waals surface area (Å²) in [6, 6.07) is 12.5. The van der Waals surface area contributed by atoms with Gasteiger partial charge in [-0.25, -0.2) is 4.79 Å². The van der Waals surface area contributed by atoms with Crippen molar-refractivity contribution in [1.82, 2.24) is 4.90 Å². The predicted octanol–water partition coefficient (Wildman–Crippen LogP) is 4.66. The van der Waals surface area contributed by atoms with Gasteiger partial charge in [0.25, 0.3) is 11.8 Å². The molecule has 3 rings (SSSR count). The van der Waals surface area contributed by atoms with E-state index in [0.717, 1.165) is 30.4 Å². The topological polar surface area (TPSA) is 84.9 Å². The zero-order chi connectivity index (χ0) is 24.8. The Kier molecular flexibility index (Phi) is 8.31. The van der Waals surface area contributed by atoms with Crippen LogP contribution in [0.5, 0.6) is 5.75 Å². The lowest BCUT2D eigenvalue weighted by Crippen LogP contribution is -2.49. The summed E-state index contributed by atoms with van der Waals surface area (Å²) in [7, 11) is 0. The Labute approximate surface area is 201 Å². The van der Waals surface area contributed by atoms with E-state index < -0.39 is 18.0 Å². The highest BCUT2D eigenvalue weighted by molar-refractivity contribution is 5.97. The van der Waals surface area contributed by atoms with Crippen LogP contribution in [0.1, 0.15) is 61.5 Å². The molecule has 0 saturated carbocycles. The van der Waals surface area contributed by atoms with Crippen LogP contribution in [-0.4, -0.2) is 47.5 Å². The number of likely N-dealkylation sites (tertiary alicyclic amines) is 1. The van der Waals surface area contributed by atoms with Gasteiger partial charge in [0.1, 0.15) is 5.75 Å². The first-order valence-electron chi connectivity index (χ1n) is 11.8. The number of carbonyl (C=O) groups excluding carboxylic acids is 3. The zero-order valence-electron chi connectivity index (χ0n) is 20.6. The van der Waals surface area contributed by atoms with Crippen LogP contribution < -0.4 is 10.1 Å². The number of hydrogen-bond acceptors (Lipinski definition) is 5. The molecular weight excluding hydrogens is 432 g/mol. The van der Waals surface area contributed by atoms with Gasteiger partial charge < -0.3 is 19.7 Å². The van der Waals surface area contributed by atoms with Gasteiger partial charge in [-0.05, 0) is 89.8 Å². The average molecular weight is 467 g/mol. The molecule has 1 aliphatic rings. The van der Waals surface area contributed by atoms with Crippen molar-refractivity contribution in [3.63, 3.8) is 0 Å². The molecule has 1 fully saturated rings. The maximum atomic E-state index is 12.6. The second-order valence-electron chi connectivity index (χ2n) is 9.10. The summed E-state index contributed by atoms with van der Waals surface area (Å²) in [6.07, 6.45) is 2.19. The Balaban J connectivity index is 1.51. The molecule has 1 saturated heterocycles. The number of rotatable bonds is 7. The molecule has 2 aromatic carbocycles. The Morgan fingerprint density at radius 3 is 2.29 bits per heavy atom. The number of hydrogen-bond donors (Lipinski definition) is 1. The minimum atomic E-state index is -0.963. The third-order valence-corrected chi connectivity index (χ3v) is 6.23. The Bertz CT molecular complexity index is 1020. The maximum Gasteiger partial charge on any atom is 0.338 e. The third-order valence-electron chi connectivity index (χ3n) is 6.23. The standard InChI is InChI=1S/C27H34N2O5/c1-17-9-14-24(18(2)15-17)28-26(31)21(5)34-27(32)22-10-12-23(13-11-22)33-16-25(30)29-19(3)7-6-8-20(29)4/h9-15,19-21H,6-8,16H2,1-5H3,(H,28,31). The number of piperidine rings is 1. The molecule has 2 aromatic rings. The van der Waals surface area contributed by atoms with E-state index in [1.807, 2.05) is 36.9 Å². The van der Waals surface area contributed by atoms with Crippen LogP contribution in [0.2, 0.25) is 0 Å². The Morgan fingerprint density at radius 2 is 1.68 bits per heavy atom. The number of amides is 2. The fraction of sp³-hybridized carbons (Fsp3) is 0.444. The lowest BCUT2D eigenvalue weighted by atomic mass is 9.97. The first-order chi connectivity index (χ1) is 16.2. The molecule has 1 heterocycles. The molecule has 1 N–H and O–H groups in total. The van der Waals surface area contributed by atoms with Crippen molar-refractivity contribution in [2.24, 2.45) is 0 Å². The van der Waals surface area contributed by atoms with Gasteiger partial charge in [-0.3, -0.25) is 9.59 Å². The van der Waals surface area contributed by atoms with Crippen LogP contribution in [0.25, 0.3) is 0 Å². The highest BCUT2D eigenvalue weighted by Gasteiger charge is 2.29. The summed E-state index contributed by atoms with van der Waals surface area (Å²) in [5.74, 6) is -0.559. The van der Waals surface area contributed by atoms with Crippen LogP contribution in [-0.2, 0) is 14.3 Å². The van der Waals surface area contributed by atoms with Crippen molar-refractivity contribution in [2.75, 3.05) is 11.9 Å². The summed E-state index contributed by atoms with van der Waals surface area (Å²) in [4.78, 5) is 39.4. The molecule has 7 nitrogen and oxygen atoms in total. The second-order valence-corrected chi connectivity index (χ2v) is 9.10. The van der Waals surface area contributed by atoms with Crippen molar-refractivity contribution >= 4 is 23.5 Å². The van der Waals surface area contributed by atoms with E-state index >= 15 is 0 Å². The van der Waals surface area contributed by atoms with E-state index in [4.69, 9.17) is 9.47 Å². The molecule has 2 amide bonds. The van der Waals surface area contributed by atoms with Crippen LogP contribution in [0.4, 0.5) is 5.69 Å². The summed E-state index contributed by atoms with van der Waals surface area (Å²) in [6.45, 7) is 9.50. The minimum Gasteiger partial charge on any atom is -0.484 e. The molecule has 0 spiro atoms. The second kappa shape index (κ2) is 11.2. The highest BCUT2D eigenvalue weighted by atomic mass is 16.5. The van der Waals surface area contributed by atoms with Crippen molar-refractivity contribution in [1.29, 1.82) is 0 Å². The van der Waals surface area contributed by atoms with Crippen molar-refractivity contribution in [2.45, 2.75) is 72.1 Å². The van der Waals surface area contributed by atoms with E-state index in [9.17, 15) is 14.4 Å². The molecule has 3 atom stereocenters. The van der Waals surface area contributed by atoms with Gasteiger partial charge in [0.15, 0.2) is 12.7 Å². The maximum absolute atomic E-state index is 12.6. The fourth-order valence-corrected chi connectivity index (χ4v) is 4.29. The van der Waals surface area contributed by atoms with Crippen LogP contribution >= 0.6 is 0 Å². The number of carbonyl (C=O) groups is 3. The number of nitrogens with zero attached hydrogens (tertiary/aromatic N) is 1. The van der Waals surface area contributed by atoms with Crippen LogP contribution in [0.15, 0.2) is 42.5 Å². The highest BCUT2D eigenvalue weighted by Crippen LogP contribution is 2.23. The van der Waals surface area contributed by atoms with Gasteiger partial charge in [0, 0.05) is 17.8 Å². The SMILES string of the molecule is Cc1ccc(NC(=O)C(C)OC(=O)c2ccc(OCC(=O)N3C(C)CCCC3C)cc2)c(C)c1. The van der Waals surface area contributed by atoms with Gasteiger partial charge in [-0.15, -0.1) is 0 Å². The molecule has 3 unspecified atom stereocenters. The van der Waals surface area contributed by atoms with E-state index in [2.05, 4.69) is 19.2 Å². The quantitative estimate of drug-likeness (QED) is 0.600. The summed E-state index contributed by atoms with van der Waals surface area (Å²) in [5.41, 5.74) is 3.01. The largest absolute Gasteiger partial charge is 0.484 e. The minimum absolute atomic E-state index is 0.0353. The van der Waals surface area contributed by atoms with E-state index in [1.165, 1.54) is 6.92 Å². The molecule has 0 aliphatic carbocycles. The number of esters is 1. The molecule has 0 radical (unpaired) electrons. The smallest absolute Gasteiger partial charge is 0.338 e. The molecule has 0 aromatic heterocycles. The summed E-state index contributed by atoms with van der Waals surface area (Å²) >= 11 is 0. The first kappa shape index (κ1) is 25.3. The predicted molar refractivity (Wildman–Crippen MR) is 131 cm³/mol. The third kappa shape index (κ3) is 6.37.